The monoisotopic (exact) mass is 210 g/mol. The molecule has 0 bridgehead atoms. The van der Waals surface area contributed by atoms with E-state index in [4.69, 9.17) is 10.8 Å². The third kappa shape index (κ3) is 7.87. The van der Waals surface area contributed by atoms with Crippen LogP contribution < -0.4 is 5.73 Å². The highest BCUT2D eigenvalue weighted by Crippen LogP contribution is 2.14. The number of carboxylic acid groups (broad SMARTS) is 1. The summed E-state index contributed by atoms with van der Waals surface area (Å²) in [6, 6.07) is 0. The molecule has 0 rings (SSSR count). The number of halogens is 1. The molecule has 0 aromatic heterocycles. The molecule has 0 aliphatic heterocycles. The lowest BCUT2D eigenvalue weighted by atomic mass is 9.96. The number of carbonyl (C=O) groups is 1. The van der Waals surface area contributed by atoms with Gasteiger partial charge in [-0.05, 0) is 5.41 Å². The number of nitrogens with zero attached hydrogens (tertiary/aromatic N) is 1. The van der Waals surface area contributed by atoms with Crippen LogP contribution in [0.5, 0.6) is 0 Å². The van der Waals surface area contributed by atoms with Crippen LogP contribution in [0, 0.1) is 5.41 Å². The summed E-state index contributed by atoms with van der Waals surface area (Å²) in [5, 5.41) is 8.74. The fourth-order valence-corrected chi connectivity index (χ4v) is 0.971. The second-order valence-corrected chi connectivity index (χ2v) is 4.05. The zero-order chi connectivity index (χ0) is 9.78. The summed E-state index contributed by atoms with van der Waals surface area (Å²) < 4.78 is 0. The first-order valence-corrected chi connectivity index (χ1v) is 4.05. The smallest absolute Gasteiger partial charge is 0.407 e. The normalized spacial score (nSPS) is 10.5. The van der Waals surface area contributed by atoms with Gasteiger partial charge in [0.25, 0.3) is 0 Å². The lowest BCUT2D eigenvalue weighted by Crippen LogP contribution is -2.39. The van der Waals surface area contributed by atoms with Crippen molar-refractivity contribution in [1.82, 2.24) is 4.90 Å². The first-order chi connectivity index (χ1) is 5.37. The Hall–Kier alpha value is -0.480. The van der Waals surface area contributed by atoms with E-state index >= 15 is 0 Å². The molecule has 4 nitrogen and oxygen atoms in total. The lowest BCUT2D eigenvalue weighted by molar-refractivity contribution is 0.128. The van der Waals surface area contributed by atoms with E-state index in [0.29, 0.717) is 19.6 Å². The molecular formula is C8H19ClN2O2. The molecule has 0 aliphatic rings. The van der Waals surface area contributed by atoms with Crippen molar-refractivity contribution in [3.8, 4) is 0 Å². The fraction of sp³-hybridized carbons (Fsp3) is 0.875. The van der Waals surface area contributed by atoms with Crippen molar-refractivity contribution in [3.63, 3.8) is 0 Å². The predicted octanol–water partition coefficient (Wildman–Crippen LogP) is 1.39. The number of hydrogen-bond donors (Lipinski definition) is 2. The second-order valence-electron chi connectivity index (χ2n) is 4.05. The molecule has 0 spiro atoms. The average molecular weight is 211 g/mol. The predicted molar refractivity (Wildman–Crippen MR) is 55.4 cm³/mol. The number of nitrogens with two attached hydrogens (primary N) is 1. The molecule has 3 N–H and O–H groups in total. The van der Waals surface area contributed by atoms with Gasteiger partial charge in [0.2, 0.25) is 0 Å². The van der Waals surface area contributed by atoms with Crippen LogP contribution in [0.15, 0.2) is 0 Å². The van der Waals surface area contributed by atoms with Crippen LogP contribution in [0.25, 0.3) is 0 Å². The van der Waals surface area contributed by atoms with Crippen molar-refractivity contribution in [2.45, 2.75) is 20.8 Å². The van der Waals surface area contributed by atoms with Gasteiger partial charge in [0.15, 0.2) is 0 Å². The topological polar surface area (TPSA) is 66.6 Å². The van der Waals surface area contributed by atoms with Crippen molar-refractivity contribution in [2.24, 2.45) is 11.1 Å². The third-order valence-electron chi connectivity index (χ3n) is 1.33. The van der Waals surface area contributed by atoms with Gasteiger partial charge in [-0.2, -0.15) is 0 Å². The Labute approximate surface area is 85.5 Å². The summed E-state index contributed by atoms with van der Waals surface area (Å²) in [5.74, 6) is 0. The lowest BCUT2D eigenvalue weighted by Gasteiger charge is -2.27. The largest absolute Gasteiger partial charge is 0.465 e. The summed E-state index contributed by atoms with van der Waals surface area (Å²) >= 11 is 0. The molecule has 0 aromatic rings. The molecule has 13 heavy (non-hydrogen) atoms. The van der Waals surface area contributed by atoms with Gasteiger partial charge < -0.3 is 15.7 Å². The molecular weight excluding hydrogens is 192 g/mol. The van der Waals surface area contributed by atoms with Gasteiger partial charge in [-0.15, -0.1) is 12.4 Å². The first kappa shape index (κ1) is 15.0. The van der Waals surface area contributed by atoms with Gasteiger partial charge in [0, 0.05) is 19.6 Å². The van der Waals surface area contributed by atoms with Gasteiger partial charge in [0.05, 0.1) is 0 Å². The van der Waals surface area contributed by atoms with Gasteiger partial charge >= 0.3 is 6.09 Å². The Morgan fingerprint density at radius 2 is 1.92 bits per heavy atom. The van der Waals surface area contributed by atoms with Crippen molar-refractivity contribution in [2.75, 3.05) is 19.6 Å². The van der Waals surface area contributed by atoms with Crippen LogP contribution in [0.2, 0.25) is 0 Å². The Kier molecular flexibility index (Phi) is 6.98. The Morgan fingerprint density at radius 3 is 2.15 bits per heavy atom. The molecule has 0 heterocycles. The minimum Gasteiger partial charge on any atom is -0.465 e. The van der Waals surface area contributed by atoms with E-state index in [9.17, 15) is 4.79 Å². The number of rotatable bonds is 3. The van der Waals surface area contributed by atoms with Crippen molar-refractivity contribution in [1.29, 1.82) is 0 Å². The number of hydrogen-bond acceptors (Lipinski definition) is 2. The maximum Gasteiger partial charge on any atom is 0.407 e. The molecule has 0 aliphatic carbocycles. The van der Waals surface area contributed by atoms with E-state index in [1.54, 1.807) is 0 Å². The maximum absolute atomic E-state index is 10.6. The zero-order valence-corrected chi connectivity index (χ0v) is 9.23. The van der Waals surface area contributed by atoms with Crippen LogP contribution in [0.3, 0.4) is 0 Å². The maximum atomic E-state index is 10.6. The molecule has 5 heteroatoms. The van der Waals surface area contributed by atoms with Gasteiger partial charge in [-0.1, -0.05) is 20.8 Å². The Bertz CT molecular complexity index is 157. The quantitative estimate of drug-likeness (QED) is 0.740. The standard InChI is InChI=1S/C8H18N2O2.ClH/c1-8(2,3)6-10(5-4-9)7(11)12;/h4-6,9H2,1-3H3,(H,11,12);1H. The van der Waals surface area contributed by atoms with E-state index in [1.165, 1.54) is 4.90 Å². The molecule has 0 radical (unpaired) electrons. The fourth-order valence-electron chi connectivity index (χ4n) is 0.971. The Balaban J connectivity index is 0. The van der Waals surface area contributed by atoms with Gasteiger partial charge in [-0.3, -0.25) is 0 Å². The van der Waals surface area contributed by atoms with E-state index in [2.05, 4.69) is 0 Å². The molecule has 0 saturated heterocycles. The molecule has 0 saturated carbocycles. The number of amides is 1. The van der Waals surface area contributed by atoms with E-state index in [-0.39, 0.29) is 17.8 Å². The molecule has 0 aromatic carbocycles. The van der Waals surface area contributed by atoms with E-state index in [1.807, 2.05) is 20.8 Å². The molecule has 1 amide bonds. The van der Waals surface area contributed by atoms with Crippen LogP contribution in [0.4, 0.5) is 4.79 Å². The highest BCUT2D eigenvalue weighted by molar-refractivity contribution is 5.85. The summed E-state index contributed by atoms with van der Waals surface area (Å²) in [6.45, 7) is 7.31. The van der Waals surface area contributed by atoms with Crippen molar-refractivity contribution >= 4 is 18.5 Å². The summed E-state index contributed by atoms with van der Waals surface area (Å²) in [7, 11) is 0. The SMILES string of the molecule is CC(C)(C)CN(CCN)C(=O)O.Cl. The van der Waals surface area contributed by atoms with Crippen LogP contribution in [-0.2, 0) is 0 Å². The van der Waals surface area contributed by atoms with Crippen LogP contribution >= 0.6 is 12.4 Å². The summed E-state index contributed by atoms with van der Waals surface area (Å²) in [6.07, 6.45) is -0.893. The molecule has 0 fully saturated rings. The van der Waals surface area contributed by atoms with Crippen LogP contribution in [0.1, 0.15) is 20.8 Å². The van der Waals surface area contributed by atoms with Crippen molar-refractivity contribution in [3.05, 3.63) is 0 Å². The van der Waals surface area contributed by atoms with Gasteiger partial charge in [-0.25, -0.2) is 4.79 Å². The molecule has 0 unspecified atom stereocenters. The molecule has 80 valence electrons. The highest BCUT2D eigenvalue weighted by Gasteiger charge is 2.19. The second kappa shape index (κ2) is 6.05. The molecule has 0 atom stereocenters. The van der Waals surface area contributed by atoms with Crippen LogP contribution in [-0.4, -0.2) is 35.7 Å². The average Bonchev–Trinajstić information content (AvgIpc) is 1.83. The minimum atomic E-state index is -0.893. The third-order valence-corrected chi connectivity index (χ3v) is 1.33. The van der Waals surface area contributed by atoms with Crippen molar-refractivity contribution < 1.29 is 9.90 Å². The zero-order valence-electron chi connectivity index (χ0n) is 8.41. The summed E-state index contributed by atoms with van der Waals surface area (Å²) in [4.78, 5) is 12.0. The van der Waals surface area contributed by atoms with E-state index < -0.39 is 6.09 Å². The highest BCUT2D eigenvalue weighted by atomic mass is 35.5. The minimum absolute atomic E-state index is 0. The summed E-state index contributed by atoms with van der Waals surface area (Å²) in [5.41, 5.74) is 5.27. The van der Waals surface area contributed by atoms with Gasteiger partial charge in [0.1, 0.15) is 0 Å². The Morgan fingerprint density at radius 1 is 1.46 bits per heavy atom. The van der Waals surface area contributed by atoms with E-state index in [0.717, 1.165) is 0 Å². The first-order valence-electron chi connectivity index (χ1n) is 4.05.